The molecule has 2 heterocycles. The van der Waals surface area contributed by atoms with Crippen molar-refractivity contribution < 1.29 is 9.21 Å². The van der Waals surface area contributed by atoms with E-state index < -0.39 is 0 Å². The maximum absolute atomic E-state index is 11.8. The molecule has 1 saturated heterocycles. The van der Waals surface area contributed by atoms with Crippen molar-refractivity contribution in [2.75, 3.05) is 19.6 Å². The van der Waals surface area contributed by atoms with Gasteiger partial charge in [0.1, 0.15) is 5.52 Å². The van der Waals surface area contributed by atoms with Crippen LogP contribution in [-0.2, 0) is 11.2 Å². The quantitative estimate of drug-likeness (QED) is 0.862. The molecular formula is C14H17N3O2. The molecule has 5 heteroatoms. The van der Waals surface area contributed by atoms with Crippen LogP contribution in [0.25, 0.3) is 11.1 Å². The predicted molar refractivity (Wildman–Crippen MR) is 71.7 cm³/mol. The average molecular weight is 259 g/mol. The van der Waals surface area contributed by atoms with Crippen molar-refractivity contribution in [3.05, 3.63) is 30.2 Å². The molecule has 1 unspecified atom stereocenters. The Morgan fingerprint density at radius 2 is 2.47 bits per heavy atom. The number of rotatable bonds is 4. The highest BCUT2D eigenvalue weighted by atomic mass is 16.3. The molecule has 0 aliphatic carbocycles. The van der Waals surface area contributed by atoms with Crippen molar-refractivity contribution in [2.45, 2.75) is 12.8 Å². The highest BCUT2D eigenvalue weighted by Crippen LogP contribution is 2.14. The molecule has 19 heavy (non-hydrogen) atoms. The number of fused-ring (bicyclic) bond motifs is 1. The third kappa shape index (κ3) is 2.76. The molecule has 1 aromatic carbocycles. The van der Waals surface area contributed by atoms with Crippen molar-refractivity contribution in [1.82, 2.24) is 15.6 Å². The van der Waals surface area contributed by atoms with Crippen molar-refractivity contribution in [1.29, 1.82) is 0 Å². The maximum atomic E-state index is 11.8. The van der Waals surface area contributed by atoms with Gasteiger partial charge in [0, 0.05) is 13.1 Å². The minimum Gasteiger partial charge on any atom is -0.443 e. The van der Waals surface area contributed by atoms with E-state index >= 15 is 0 Å². The van der Waals surface area contributed by atoms with Crippen LogP contribution in [-0.4, -0.2) is 30.5 Å². The van der Waals surface area contributed by atoms with Crippen LogP contribution in [0.15, 0.2) is 29.0 Å². The lowest BCUT2D eigenvalue weighted by atomic mass is 10.1. The third-order valence-corrected chi connectivity index (χ3v) is 3.54. The largest absolute Gasteiger partial charge is 0.443 e. The molecule has 1 aromatic heterocycles. The summed E-state index contributed by atoms with van der Waals surface area (Å²) in [4.78, 5) is 15.9. The van der Waals surface area contributed by atoms with Gasteiger partial charge < -0.3 is 15.1 Å². The molecule has 1 aliphatic rings. The topological polar surface area (TPSA) is 67.2 Å². The Labute approximate surface area is 111 Å². The number of benzene rings is 1. The van der Waals surface area contributed by atoms with E-state index in [1.165, 1.54) is 6.39 Å². The standard InChI is InChI=1S/C14H17N3O2/c18-14(11-4-5-15-8-11)16-6-3-10-1-2-12-13(7-10)19-9-17-12/h1-2,7,9,11,15H,3-6,8H2,(H,16,18). The van der Waals surface area contributed by atoms with E-state index in [9.17, 15) is 4.79 Å². The molecule has 5 nitrogen and oxygen atoms in total. The maximum Gasteiger partial charge on any atom is 0.224 e. The number of carbonyl (C=O) groups is 1. The van der Waals surface area contributed by atoms with E-state index in [-0.39, 0.29) is 11.8 Å². The second kappa shape index (κ2) is 5.40. The van der Waals surface area contributed by atoms with Gasteiger partial charge in [-0.1, -0.05) is 6.07 Å². The van der Waals surface area contributed by atoms with Gasteiger partial charge in [0.05, 0.1) is 5.92 Å². The SMILES string of the molecule is O=C(NCCc1ccc2ncoc2c1)C1CCNC1. The smallest absolute Gasteiger partial charge is 0.224 e. The molecule has 0 radical (unpaired) electrons. The summed E-state index contributed by atoms with van der Waals surface area (Å²) in [6.45, 7) is 2.41. The van der Waals surface area contributed by atoms with Crippen LogP contribution in [0.3, 0.4) is 0 Å². The first-order valence-electron chi connectivity index (χ1n) is 6.63. The van der Waals surface area contributed by atoms with Gasteiger partial charge in [0.2, 0.25) is 5.91 Å². The normalized spacial score (nSPS) is 18.8. The average Bonchev–Trinajstić information content (AvgIpc) is 3.09. The van der Waals surface area contributed by atoms with Gasteiger partial charge in [0.25, 0.3) is 0 Å². The number of amides is 1. The Morgan fingerprint density at radius 1 is 1.53 bits per heavy atom. The van der Waals surface area contributed by atoms with Gasteiger partial charge in [-0.3, -0.25) is 4.79 Å². The van der Waals surface area contributed by atoms with Crippen molar-refractivity contribution in [3.8, 4) is 0 Å². The minimum absolute atomic E-state index is 0.136. The molecule has 1 aliphatic heterocycles. The van der Waals surface area contributed by atoms with Crippen LogP contribution < -0.4 is 10.6 Å². The Morgan fingerprint density at radius 3 is 3.32 bits per heavy atom. The van der Waals surface area contributed by atoms with Crippen LogP contribution in [0.1, 0.15) is 12.0 Å². The molecule has 3 rings (SSSR count). The minimum atomic E-state index is 0.136. The molecule has 2 N–H and O–H groups in total. The van der Waals surface area contributed by atoms with Gasteiger partial charge >= 0.3 is 0 Å². The summed E-state index contributed by atoms with van der Waals surface area (Å²) >= 11 is 0. The van der Waals surface area contributed by atoms with Crippen molar-refractivity contribution >= 4 is 17.0 Å². The third-order valence-electron chi connectivity index (χ3n) is 3.54. The summed E-state index contributed by atoms with van der Waals surface area (Å²) < 4.78 is 5.26. The first-order valence-corrected chi connectivity index (χ1v) is 6.63. The zero-order chi connectivity index (χ0) is 13.1. The Hall–Kier alpha value is -1.88. The lowest BCUT2D eigenvalue weighted by Gasteiger charge is -2.09. The first-order chi connectivity index (χ1) is 9.33. The first kappa shape index (κ1) is 12.2. The fraction of sp³-hybridized carbons (Fsp3) is 0.429. The summed E-state index contributed by atoms with van der Waals surface area (Å²) in [5.74, 6) is 0.294. The molecule has 2 aromatic rings. The second-order valence-corrected chi connectivity index (χ2v) is 4.89. The Kier molecular flexibility index (Phi) is 3.46. The summed E-state index contributed by atoms with van der Waals surface area (Å²) in [5, 5.41) is 6.19. The summed E-state index contributed by atoms with van der Waals surface area (Å²) in [6.07, 6.45) is 3.20. The van der Waals surface area contributed by atoms with E-state index in [1.54, 1.807) is 0 Å². The number of carbonyl (C=O) groups excluding carboxylic acids is 1. The van der Waals surface area contributed by atoms with E-state index in [2.05, 4.69) is 15.6 Å². The number of aromatic nitrogens is 1. The molecular weight excluding hydrogens is 242 g/mol. The van der Waals surface area contributed by atoms with E-state index in [1.807, 2.05) is 18.2 Å². The highest BCUT2D eigenvalue weighted by molar-refractivity contribution is 5.79. The number of hydrogen-bond acceptors (Lipinski definition) is 4. The van der Waals surface area contributed by atoms with Gasteiger partial charge in [-0.25, -0.2) is 4.98 Å². The van der Waals surface area contributed by atoms with Gasteiger partial charge in [-0.15, -0.1) is 0 Å². The Balaban J connectivity index is 1.52. The van der Waals surface area contributed by atoms with Crippen LogP contribution in [0, 0.1) is 5.92 Å². The van der Waals surface area contributed by atoms with Crippen LogP contribution in [0.4, 0.5) is 0 Å². The predicted octanol–water partition coefficient (Wildman–Crippen LogP) is 1.10. The van der Waals surface area contributed by atoms with Crippen LogP contribution in [0.5, 0.6) is 0 Å². The molecule has 0 saturated carbocycles. The molecule has 0 spiro atoms. The van der Waals surface area contributed by atoms with Gasteiger partial charge in [-0.2, -0.15) is 0 Å². The number of oxazole rings is 1. The lowest BCUT2D eigenvalue weighted by molar-refractivity contribution is -0.124. The number of hydrogen-bond donors (Lipinski definition) is 2. The summed E-state index contributed by atoms with van der Waals surface area (Å²) in [5.41, 5.74) is 2.81. The Bertz CT molecular complexity index is 573. The zero-order valence-corrected chi connectivity index (χ0v) is 10.7. The second-order valence-electron chi connectivity index (χ2n) is 4.89. The van der Waals surface area contributed by atoms with E-state index in [0.29, 0.717) is 6.54 Å². The van der Waals surface area contributed by atoms with Gasteiger partial charge in [-0.05, 0) is 37.1 Å². The van der Waals surface area contributed by atoms with Crippen LogP contribution >= 0.6 is 0 Å². The van der Waals surface area contributed by atoms with Crippen molar-refractivity contribution in [3.63, 3.8) is 0 Å². The molecule has 100 valence electrons. The zero-order valence-electron chi connectivity index (χ0n) is 10.7. The fourth-order valence-electron chi connectivity index (χ4n) is 2.41. The fourth-order valence-corrected chi connectivity index (χ4v) is 2.41. The molecule has 1 fully saturated rings. The highest BCUT2D eigenvalue weighted by Gasteiger charge is 2.21. The lowest BCUT2D eigenvalue weighted by Crippen LogP contribution is -2.33. The molecule has 1 atom stereocenters. The summed E-state index contributed by atoms with van der Waals surface area (Å²) in [7, 11) is 0. The molecule has 1 amide bonds. The van der Waals surface area contributed by atoms with Gasteiger partial charge in [0.15, 0.2) is 12.0 Å². The van der Waals surface area contributed by atoms with Crippen molar-refractivity contribution in [2.24, 2.45) is 5.92 Å². The van der Waals surface area contributed by atoms with E-state index in [0.717, 1.165) is 42.6 Å². The number of nitrogens with one attached hydrogen (secondary N) is 2. The van der Waals surface area contributed by atoms with Crippen LogP contribution in [0.2, 0.25) is 0 Å². The number of nitrogens with zero attached hydrogens (tertiary/aromatic N) is 1. The molecule has 0 bridgehead atoms. The summed E-state index contributed by atoms with van der Waals surface area (Å²) in [6, 6.07) is 5.94. The monoisotopic (exact) mass is 259 g/mol. The van der Waals surface area contributed by atoms with E-state index in [4.69, 9.17) is 4.42 Å².